The highest BCUT2D eigenvalue weighted by Crippen LogP contribution is 2.30. The molecule has 1 heterocycles. The second-order valence-corrected chi connectivity index (χ2v) is 11.5. The highest BCUT2D eigenvalue weighted by Gasteiger charge is 2.25. The lowest BCUT2D eigenvalue weighted by atomic mass is 9.88. The van der Waals surface area contributed by atoms with E-state index < -0.39 is 0 Å². The van der Waals surface area contributed by atoms with E-state index in [9.17, 15) is 0 Å². The van der Waals surface area contributed by atoms with Crippen LogP contribution in [0.15, 0.2) is 48.5 Å². The average Bonchev–Trinajstić information content (AvgIpc) is 2.91. The Balaban J connectivity index is 1.20. The zero-order chi connectivity index (χ0) is 25.8. The number of hydrogen-bond donors (Lipinski definition) is 2. The molecule has 3 aromatic rings. The number of benzene rings is 2. The number of aryl methyl sites for hydroxylation is 1. The maximum atomic E-state index is 6.16. The predicted molar refractivity (Wildman–Crippen MR) is 155 cm³/mol. The minimum atomic E-state index is 0.249. The van der Waals surface area contributed by atoms with E-state index in [1.54, 1.807) is 0 Å². The topological polar surface area (TPSA) is 53.1 Å². The van der Waals surface area contributed by atoms with Crippen LogP contribution in [0.3, 0.4) is 0 Å². The summed E-state index contributed by atoms with van der Waals surface area (Å²) in [5.41, 5.74) is 5.09. The number of fused-ring (bicyclic) bond motifs is 1. The van der Waals surface area contributed by atoms with Crippen molar-refractivity contribution in [2.75, 3.05) is 30.9 Å². The van der Waals surface area contributed by atoms with E-state index in [2.05, 4.69) is 53.9 Å². The normalized spacial score (nSPS) is 19.5. The number of aromatic nitrogens is 2. The molecule has 1 saturated carbocycles. The Labute approximate surface area is 231 Å². The SMILES string of the molecule is CN(C)c1nc(N[C@H]2CC[C@@H](NCC(c3ccc(Cl)cc3)c3ccc(Cl)cc3)CC2)nc2c1CCCC2. The van der Waals surface area contributed by atoms with Crippen LogP contribution >= 0.6 is 23.2 Å². The lowest BCUT2D eigenvalue weighted by Crippen LogP contribution is -2.39. The second-order valence-electron chi connectivity index (χ2n) is 10.7. The van der Waals surface area contributed by atoms with Gasteiger partial charge < -0.3 is 15.5 Å². The number of hydrogen-bond acceptors (Lipinski definition) is 5. The molecule has 37 heavy (non-hydrogen) atoms. The molecule has 0 aliphatic heterocycles. The largest absolute Gasteiger partial charge is 0.362 e. The van der Waals surface area contributed by atoms with E-state index in [1.165, 1.54) is 35.2 Å². The smallest absolute Gasteiger partial charge is 0.225 e. The maximum absolute atomic E-state index is 6.16. The van der Waals surface area contributed by atoms with Crippen LogP contribution < -0.4 is 15.5 Å². The summed E-state index contributed by atoms with van der Waals surface area (Å²) in [5, 5.41) is 9.06. The van der Waals surface area contributed by atoms with Crippen molar-refractivity contribution < 1.29 is 0 Å². The highest BCUT2D eigenvalue weighted by atomic mass is 35.5. The molecule has 5 rings (SSSR count). The third-order valence-corrected chi connectivity index (χ3v) is 8.30. The Bertz CT molecular complexity index is 1130. The number of halogens is 2. The summed E-state index contributed by atoms with van der Waals surface area (Å²) in [5.74, 6) is 2.13. The van der Waals surface area contributed by atoms with Crippen molar-refractivity contribution in [2.24, 2.45) is 0 Å². The van der Waals surface area contributed by atoms with Gasteiger partial charge in [0.2, 0.25) is 5.95 Å². The third-order valence-electron chi connectivity index (χ3n) is 7.80. The lowest BCUT2D eigenvalue weighted by Gasteiger charge is -2.32. The van der Waals surface area contributed by atoms with E-state index in [-0.39, 0.29) is 5.92 Å². The average molecular weight is 539 g/mol. The summed E-state index contributed by atoms with van der Waals surface area (Å²) in [6.07, 6.45) is 9.11. The van der Waals surface area contributed by atoms with Crippen LogP contribution in [0.5, 0.6) is 0 Å². The highest BCUT2D eigenvalue weighted by molar-refractivity contribution is 6.30. The Morgan fingerprint density at radius 3 is 1.97 bits per heavy atom. The van der Waals surface area contributed by atoms with E-state index in [1.807, 2.05) is 24.3 Å². The Morgan fingerprint density at radius 1 is 0.811 bits per heavy atom. The molecule has 5 nitrogen and oxygen atoms in total. The van der Waals surface area contributed by atoms with Crippen LogP contribution in [0.25, 0.3) is 0 Å². The molecule has 2 N–H and O–H groups in total. The van der Waals surface area contributed by atoms with Crippen LogP contribution in [0, 0.1) is 0 Å². The number of nitrogens with one attached hydrogen (secondary N) is 2. The van der Waals surface area contributed by atoms with E-state index in [0.717, 1.165) is 66.9 Å². The first-order valence-corrected chi connectivity index (χ1v) is 14.3. The van der Waals surface area contributed by atoms with Gasteiger partial charge in [0.25, 0.3) is 0 Å². The van der Waals surface area contributed by atoms with Gasteiger partial charge in [-0.15, -0.1) is 0 Å². The van der Waals surface area contributed by atoms with E-state index in [0.29, 0.717) is 12.1 Å². The van der Waals surface area contributed by atoms with Gasteiger partial charge in [0, 0.05) is 54.3 Å². The van der Waals surface area contributed by atoms with Crippen LogP contribution in [0.4, 0.5) is 11.8 Å². The van der Waals surface area contributed by atoms with E-state index in [4.69, 9.17) is 33.2 Å². The van der Waals surface area contributed by atoms with Crippen LogP contribution in [-0.4, -0.2) is 42.7 Å². The summed E-state index contributed by atoms with van der Waals surface area (Å²) < 4.78 is 0. The Morgan fingerprint density at radius 2 is 1.38 bits per heavy atom. The molecule has 0 atom stereocenters. The van der Waals surface area contributed by atoms with Gasteiger partial charge in [-0.1, -0.05) is 47.5 Å². The fraction of sp³-hybridized carbons (Fsp3) is 0.467. The Hall–Kier alpha value is -2.34. The molecular formula is C30H37Cl2N5. The molecule has 196 valence electrons. The van der Waals surface area contributed by atoms with Crippen molar-refractivity contribution >= 4 is 35.0 Å². The molecule has 2 aliphatic carbocycles. The molecule has 7 heteroatoms. The van der Waals surface area contributed by atoms with Crippen LogP contribution in [0.1, 0.15) is 66.8 Å². The predicted octanol–water partition coefficient (Wildman–Crippen LogP) is 6.87. The maximum Gasteiger partial charge on any atom is 0.225 e. The first kappa shape index (κ1) is 26.3. The quantitative estimate of drug-likeness (QED) is 0.328. The third kappa shape index (κ3) is 6.57. The zero-order valence-electron chi connectivity index (χ0n) is 21.8. The van der Waals surface area contributed by atoms with Crippen LogP contribution in [-0.2, 0) is 12.8 Å². The molecular weight excluding hydrogens is 501 g/mol. The van der Waals surface area contributed by atoms with Gasteiger partial charge in [-0.2, -0.15) is 4.98 Å². The first-order valence-electron chi connectivity index (χ1n) is 13.5. The molecule has 0 bridgehead atoms. The minimum Gasteiger partial charge on any atom is -0.362 e. The van der Waals surface area contributed by atoms with Crippen LogP contribution in [0.2, 0.25) is 10.0 Å². The fourth-order valence-electron chi connectivity index (χ4n) is 5.74. The number of nitrogens with zero attached hydrogens (tertiary/aromatic N) is 3. The summed E-state index contributed by atoms with van der Waals surface area (Å²) >= 11 is 12.3. The van der Waals surface area contributed by atoms with Gasteiger partial charge in [0.05, 0.1) is 5.69 Å². The molecule has 0 amide bonds. The van der Waals surface area contributed by atoms with Gasteiger partial charge in [-0.3, -0.25) is 0 Å². The summed E-state index contributed by atoms with van der Waals surface area (Å²) in [6, 6.07) is 17.3. The van der Waals surface area contributed by atoms with Gasteiger partial charge in [-0.25, -0.2) is 4.98 Å². The number of anilines is 2. The van der Waals surface area contributed by atoms with Crippen molar-refractivity contribution in [3.63, 3.8) is 0 Å². The molecule has 0 radical (unpaired) electrons. The fourth-order valence-corrected chi connectivity index (χ4v) is 5.99. The Kier molecular flexibility index (Phi) is 8.53. The van der Waals surface area contributed by atoms with Crippen molar-refractivity contribution in [1.29, 1.82) is 0 Å². The van der Waals surface area contributed by atoms with Crippen molar-refractivity contribution in [1.82, 2.24) is 15.3 Å². The summed E-state index contributed by atoms with van der Waals surface area (Å²) in [6.45, 7) is 0.881. The monoisotopic (exact) mass is 537 g/mol. The van der Waals surface area contributed by atoms with Gasteiger partial charge >= 0.3 is 0 Å². The zero-order valence-corrected chi connectivity index (χ0v) is 23.3. The molecule has 0 saturated heterocycles. The van der Waals surface area contributed by atoms with Gasteiger partial charge in [-0.05, 0) is 86.8 Å². The van der Waals surface area contributed by atoms with Gasteiger partial charge in [0.1, 0.15) is 5.82 Å². The van der Waals surface area contributed by atoms with Crippen molar-refractivity contribution in [3.05, 3.63) is 81.0 Å². The lowest BCUT2D eigenvalue weighted by molar-refractivity contribution is 0.350. The molecule has 0 spiro atoms. The molecule has 0 unspecified atom stereocenters. The number of rotatable bonds is 8. The van der Waals surface area contributed by atoms with Crippen molar-refractivity contribution in [3.8, 4) is 0 Å². The summed E-state index contributed by atoms with van der Waals surface area (Å²) in [7, 11) is 4.17. The van der Waals surface area contributed by atoms with Gasteiger partial charge in [0.15, 0.2) is 0 Å². The summed E-state index contributed by atoms with van der Waals surface area (Å²) in [4.78, 5) is 12.0. The second kappa shape index (κ2) is 12.0. The molecule has 1 fully saturated rings. The molecule has 1 aromatic heterocycles. The molecule has 2 aliphatic rings. The van der Waals surface area contributed by atoms with E-state index >= 15 is 0 Å². The molecule has 2 aromatic carbocycles. The van der Waals surface area contributed by atoms with Crippen molar-refractivity contribution in [2.45, 2.75) is 69.4 Å². The standard InChI is InChI=1S/C30H37Cl2N5/c1-37(2)29-26-5-3-4-6-28(26)35-30(36-29)34-25-17-15-24(16-18-25)33-19-27(20-7-11-22(31)12-8-20)21-9-13-23(32)14-10-21/h7-14,24-25,27,33H,3-6,15-19H2,1-2H3,(H,34,35,36)/t24-,25+. The minimum absolute atomic E-state index is 0.249. The first-order chi connectivity index (χ1) is 18.0.